The fourth-order valence-corrected chi connectivity index (χ4v) is 4.50. The second kappa shape index (κ2) is 9.55. The van der Waals surface area contributed by atoms with E-state index in [0.717, 1.165) is 11.4 Å². The molecule has 0 unspecified atom stereocenters. The van der Waals surface area contributed by atoms with Gasteiger partial charge in [-0.3, -0.25) is 9.52 Å². The highest BCUT2D eigenvalue weighted by Crippen LogP contribution is 2.27. The minimum absolute atomic E-state index is 0.0569. The molecule has 0 saturated heterocycles. The Labute approximate surface area is 191 Å². The summed E-state index contributed by atoms with van der Waals surface area (Å²) in [6.45, 7) is 0.337. The number of benzene rings is 2. The Bertz CT molecular complexity index is 1200. The van der Waals surface area contributed by atoms with Gasteiger partial charge in [0.15, 0.2) is 0 Å². The lowest BCUT2D eigenvalue weighted by Crippen LogP contribution is -2.23. The molecule has 2 aromatic carbocycles. The molecule has 0 aliphatic carbocycles. The zero-order valence-electron chi connectivity index (χ0n) is 16.8. The summed E-state index contributed by atoms with van der Waals surface area (Å²) in [4.78, 5) is 18.4. The summed E-state index contributed by atoms with van der Waals surface area (Å²) in [7, 11) is -0.154. The molecule has 0 aliphatic rings. The molecule has 0 fully saturated rings. The molecular weight excluding hydrogens is 459 g/mol. The van der Waals surface area contributed by atoms with Gasteiger partial charge in [0, 0.05) is 43.1 Å². The van der Waals surface area contributed by atoms with Crippen LogP contribution in [0, 0.1) is 0 Å². The van der Waals surface area contributed by atoms with Crippen LogP contribution in [0.25, 0.3) is 0 Å². The van der Waals surface area contributed by atoms with Gasteiger partial charge in [-0.2, -0.15) is 0 Å². The molecule has 0 spiro atoms. The Morgan fingerprint density at radius 2 is 1.74 bits per heavy atom. The van der Waals surface area contributed by atoms with E-state index in [1.807, 2.05) is 31.1 Å². The molecule has 0 saturated carbocycles. The van der Waals surface area contributed by atoms with Crippen molar-refractivity contribution in [1.29, 1.82) is 0 Å². The van der Waals surface area contributed by atoms with E-state index in [1.165, 1.54) is 42.5 Å². The Morgan fingerprint density at radius 3 is 2.42 bits per heavy atom. The number of nitrogens with one attached hydrogen (secondary N) is 2. The molecule has 0 bridgehead atoms. The number of pyridine rings is 1. The van der Waals surface area contributed by atoms with Crippen molar-refractivity contribution in [2.24, 2.45) is 0 Å². The average Bonchev–Trinajstić information content (AvgIpc) is 2.74. The summed E-state index contributed by atoms with van der Waals surface area (Å²) < 4.78 is 27.6. The Balaban J connectivity index is 1.66. The molecule has 7 nitrogen and oxygen atoms in total. The Morgan fingerprint density at radius 1 is 1.03 bits per heavy atom. The maximum absolute atomic E-state index is 12.6. The lowest BCUT2D eigenvalue weighted by molar-refractivity contribution is 0.0951. The van der Waals surface area contributed by atoms with Crippen LogP contribution in [-0.2, 0) is 16.6 Å². The van der Waals surface area contributed by atoms with Gasteiger partial charge in [0.05, 0.1) is 5.02 Å². The highest BCUT2D eigenvalue weighted by atomic mass is 35.5. The molecule has 2 N–H and O–H groups in total. The van der Waals surface area contributed by atoms with Gasteiger partial charge in [0.1, 0.15) is 10.7 Å². The first-order chi connectivity index (χ1) is 14.7. The largest absolute Gasteiger partial charge is 0.363 e. The van der Waals surface area contributed by atoms with Crippen LogP contribution >= 0.6 is 23.2 Å². The van der Waals surface area contributed by atoms with Crippen LogP contribution in [-0.4, -0.2) is 33.4 Å². The van der Waals surface area contributed by atoms with Gasteiger partial charge in [0.2, 0.25) is 0 Å². The van der Waals surface area contributed by atoms with Crippen molar-refractivity contribution < 1.29 is 13.2 Å². The van der Waals surface area contributed by atoms with Gasteiger partial charge in [-0.05, 0) is 60.2 Å². The van der Waals surface area contributed by atoms with E-state index in [4.69, 9.17) is 23.2 Å². The highest BCUT2D eigenvalue weighted by Gasteiger charge is 2.19. The molecule has 1 heterocycles. The van der Waals surface area contributed by atoms with E-state index in [1.54, 1.807) is 6.20 Å². The van der Waals surface area contributed by atoms with Gasteiger partial charge >= 0.3 is 0 Å². The van der Waals surface area contributed by atoms with E-state index in [0.29, 0.717) is 12.1 Å². The quantitative estimate of drug-likeness (QED) is 0.531. The Kier molecular flexibility index (Phi) is 7.04. The van der Waals surface area contributed by atoms with Crippen LogP contribution in [0.4, 0.5) is 11.5 Å². The van der Waals surface area contributed by atoms with Crippen LogP contribution in [0.2, 0.25) is 10.0 Å². The molecule has 1 aromatic heterocycles. The highest BCUT2D eigenvalue weighted by molar-refractivity contribution is 7.92. The number of nitrogens with zero attached hydrogens (tertiary/aromatic N) is 2. The molecule has 3 rings (SSSR count). The third-order valence-electron chi connectivity index (χ3n) is 4.30. The topological polar surface area (TPSA) is 91.4 Å². The summed E-state index contributed by atoms with van der Waals surface area (Å²) in [5.41, 5.74) is 1.60. The van der Waals surface area contributed by atoms with Crippen LogP contribution in [0.15, 0.2) is 65.7 Å². The van der Waals surface area contributed by atoms with E-state index >= 15 is 0 Å². The SMILES string of the molecule is CN(C)c1cc(CNC(=O)c2ccc(NS(=O)(=O)c3cc(Cl)ccc3Cl)cc2)ccn1. The van der Waals surface area contributed by atoms with Crippen molar-refractivity contribution in [1.82, 2.24) is 10.3 Å². The second-order valence-corrected chi connectivity index (χ2v) is 9.35. The maximum Gasteiger partial charge on any atom is 0.263 e. The fraction of sp³-hybridized carbons (Fsp3) is 0.143. The van der Waals surface area contributed by atoms with Gasteiger partial charge in [-0.15, -0.1) is 0 Å². The number of carbonyl (C=O) groups excluding carboxylic acids is 1. The van der Waals surface area contributed by atoms with E-state index in [2.05, 4.69) is 15.0 Å². The molecule has 0 aliphatic heterocycles. The van der Waals surface area contributed by atoms with E-state index in [9.17, 15) is 13.2 Å². The minimum Gasteiger partial charge on any atom is -0.363 e. The molecule has 0 radical (unpaired) electrons. The lowest BCUT2D eigenvalue weighted by Gasteiger charge is -2.13. The number of carbonyl (C=O) groups is 1. The molecular formula is C21H20Cl2N4O3S. The monoisotopic (exact) mass is 478 g/mol. The van der Waals surface area contributed by atoms with Crippen molar-refractivity contribution in [2.45, 2.75) is 11.4 Å². The number of amides is 1. The third kappa shape index (κ3) is 5.88. The lowest BCUT2D eigenvalue weighted by atomic mass is 10.2. The van der Waals surface area contributed by atoms with Gasteiger partial charge < -0.3 is 10.2 Å². The van der Waals surface area contributed by atoms with E-state index in [-0.39, 0.29) is 26.5 Å². The Hall–Kier alpha value is -2.81. The first kappa shape index (κ1) is 22.9. The molecule has 3 aromatic rings. The number of halogens is 2. The zero-order chi connectivity index (χ0) is 22.6. The molecule has 162 valence electrons. The van der Waals surface area contributed by atoms with Crippen LogP contribution in [0.5, 0.6) is 0 Å². The summed E-state index contributed by atoms with van der Waals surface area (Å²) >= 11 is 11.9. The summed E-state index contributed by atoms with van der Waals surface area (Å²) in [5.74, 6) is 0.513. The second-order valence-electron chi connectivity index (χ2n) is 6.86. The number of sulfonamides is 1. The summed E-state index contributed by atoms with van der Waals surface area (Å²) in [6.07, 6.45) is 1.68. The summed E-state index contributed by atoms with van der Waals surface area (Å²) in [5, 5.41) is 3.14. The molecule has 1 amide bonds. The molecule has 10 heteroatoms. The zero-order valence-corrected chi connectivity index (χ0v) is 19.1. The summed E-state index contributed by atoms with van der Waals surface area (Å²) in [6, 6.07) is 14.0. The number of hydrogen-bond acceptors (Lipinski definition) is 5. The van der Waals surface area contributed by atoms with Crippen molar-refractivity contribution >= 4 is 50.6 Å². The fourth-order valence-electron chi connectivity index (χ4n) is 2.68. The van der Waals surface area contributed by atoms with Crippen molar-refractivity contribution in [3.63, 3.8) is 0 Å². The normalized spacial score (nSPS) is 11.1. The number of anilines is 2. The van der Waals surface area contributed by atoms with Crippen molar-refractivity contribution in [3.05, 3.63) is 82.0 Å². The predicted octanol–water partition coefficient (Wildman–Crippen LogP) is 4.19. The number of hydrogen-bond donors (Lipinski definition) is 2. The average molecular weight is 479 g/mol. The smallest absolute Gasteiger partial charge is 0.263 e. The number of rotatable bonds is 7. The minimum atomic E-state index is -3.93. The standard InChI is InChI=1S/C21H20Cl2N4O3S/c1-27(2)20-11-14(9-10-24-20)13-25-21(28)15-3-6-17(7-4-15)26-31(29,30)19-12-16(22)5-8-18(19)23/h3-12,26H,13H2,1-2H3,(H,25,28). The van der Waals surface area contributed by atoms with Crippen LogP contribution < -0.4 is 14.9 Å². The van der Waals surface area contributed by atoms with Gasteiger partial charge in [-0.1, -0.05) is 23.2 Å². The predicted molar refractivity (Wildman–Crippen MR) is 123 cm³/mol. The third-order valence-corrected chi connectivity index (χ3v) is 6.40. The molecule has 0 atom stereocenters. The number of aromatic nitrogens is 1. The first-order valence-corrected chi connectivity index (χ1v) is 11.4. The van der Waals surface area contributed by atoms with Crippen molar-refractivity contribution in [3.8, 4) is 0 Å². The maximum atomic E-state index is 12.6. The van der Waals surface area contributed by atoms with Gasteiger partial charge in [0.25, 0.3) is 15.9 Å². The van der Waals surface area contributed by atoms with Gasteiger partial charge in [-0.25, -0.2) is 13.4 Å². The van der Waals surface area contributed by atoms with E-state index < -0.39 is 10.0 Å². The van der Waals surface area contributed by atoms with Crippen molar-refractivity contribution in [2.75, 3.05) is 23.7 Å². The van der Waals surface area contributed by atoms with Crippen LogP contribution in [0.3, 0.4) is 0 Å². The molecule has 31 heavy (non-hydrogen) atoms. The first-order valence-electron chi connectivity index (χ1n) is 9.14. The van der Waals surface area contributed by atoms with Crippen LogP contribution in [0.1, 0.15) is 15.9 Å².